The minimum Gasteiger partial charge on any atom is -0.354 e. The molecule has 2 atom stereocenters. The zero-order chi connectivity index (χ0) is 21.5. The highest BCUT2D eigenvalue weighted by atomic mass is 19.4. The van der Waals surface area contributed by atoms with Crippen molar-refractivity contribution in [2.45, 2.75) is 12.7 Å². The summed E-state index contributed by atoms with van der Waals surface area (Å²) in [6.45, 7) is 3.37. The van der Waals surface area contributed by atoms with Gasteiger partial charge in [0.2, 0.25) is 0 Å². The molecule has 1 aromatic heterocycles. The molecular formula is C20H22F3N5O2. The van der Waals surface area contributed by atoms with Crippen molar-refractivity contribution in [3.05, 3.63) is 53.3 Å². The van der Waals surface area contributed by atoms with Crippen molar-refractivity contribution in [3.8, 4) is 0 Å². The fourth-order valence-corrected chi connectivity index (χ4v) is 4.26. The highest BCUT2D eigenvalue weighted by Crippen LogP contribution is 2.33. The quantitative estimate of drug-likeness (QED) is 0.826. The number of fused-ring (bicyclic) bond motifs is 1. The monoisotopic (exact) mass is 421 g/mol. The summed E-state index contributed by atoms with van der Waals surface area (Å²) in [5.41, 5.74) is 0.388. The molecule has 0 bridgehead atoms. The van der Waals surface area contributed by atoms with Crippen LogP contribution >= 0.6 is 0 Å². The third-order valence-corrected chi connectivity index (χ3v) is 5.76. The minimum atomic E-state index is -4.32. The van der Waals surface area contributed by atoms with Crippen LogP contribution in [0, 0.1) is 11.8 Å². The van der Waals surface area contributed by atoms with Gasteiger partial charge >= 0.3 is 12.2 Å². The standard InChI is InChI=1S/C20H22F3N5O2/c1-24-18(29)17-6-7-28(25-17)19(30)27-11-14-9-26(10-15(14)12-27)8-13-2-4-16(5-3-13)20(21,22)23/h2-7,14-15H,8-12H2,1H3,(H,24,29). The lowest BCUT2D eigenvalue weighted by atomic mass is 10.0. The van der Waals surface area contributed by atoms with Crippen molar-refractivity contribution in [1.29, 1.82) is 0 Å². The summed E-state index contributed by atoms with van der Waals surface area (Å²) in [6, 6.07) is 6.52. The number of halogens is 3. The number of carbonyl (C=O) groups excluding carboxylic acids is 2. The largest absolute Gasteiger partial charge is 0.416 e. The average molecular weight is 421 g/mol. The first-order chi connectivity index (χ1) is 14.2. The zero-order valence-electron chi connectivity index (χ0n) is 16.4. The summed E-state index contributed by atoms with van der Waals surface area (Å²) in [6.07, 6.45) is -2.84. The molecule has 2 aliphatic heterocycles. The van der Waals surface area contributed by atoms with E-state index in [4.69, 9.17) is 0 Å². The van der Waals surface area contributed by atoms with E-state index >= 15 is 0 Å². The molecule has 30 heavy (non-hydrogen) atoms. The number of rotatable bonds is 3. The SMILES string of the molecule is CNC(=O)c1ccn(C(=O)N2CC3CN(Cc4ccc(C(F)(F)F)cc4)CC3C2)n1. The maximum atomic E-state index is 12.7. The van der Waals surface area contributed by atoms with Gasteiger partial charge in [0, 0.05) is 46.0 Å². The lowest BCUT2D eigenvalue weighted by Gasteiger charge is -2.21. The Morgan fingerprint density at radius 2 is 1.70 bits per heavy atom. The molecule has 1 N–H and O–H groups in total. The van der Waals surface area contributed by atoms with E-state index in [0.29, 0.717) is 31.5 Å². The van der Waals surface area contributed by atoms with Crippen molar-refractivity contribution >= 4 is 11.9 Å². The molecule has 0 saturated carbocycles. The van der Waals surface area contributed by atoms with Crippen molar-refractivity contribution in [1.82, 2.24) is 24.9 Å². The number of likely N-dealkylation sites (tertiary alicyclic amines) is 2. The maximum Gasteiger partial charge on any atom is 0.416 e. The van der Waals surface area contributed by atoms with Gasteiger partial charge in [-0.3, -0.25) is 9.69 Å². The number of alkyl halides is 3. The van der Waals surface area contributed by atoms with Crippen LogP contribution in [0.25, 0.3) is 0 Å². The Bertz CT molecular complexity index is 927. The Hall–Kier alpha value is -2.88. The number of amides is 2. The van der Waals surface area contributed by atoms with Crippen LogP contribution in [0.2, 0.25) is 0 Å². The van der Waals surface area contributed by atoms with E-state index in [1.54, 1.807) is 4.90 Å². The second-order valence-corrected chi connectivity index (χ2v) is 7.82. The van der Waals surface area contributed by atoms with Crippen LogP contribution in [0.1, 0.15) is 21.6 Å². The van der Waals surface area contributed by atoms with E-state index in [1.807, 2.05) is 0 Å². The van der Waals surface area contributed by atoms with Crippen molar-refractivity contribution in [2.75, 3.05) is 33.2 Å². The molecule has 2 saturated heterocycles. The van der Waals surface area contributed by atoms with Gasteiger partial charge in [-0.15, -0.1) is 0 Å². The first-order valence-electron chi connectivity index (χ1n) is 9.70. The predicted octanol–water partition coefficient (Wildman–Crippen LogP) is 2.29. The summed E-state index contributed by atoms with van der Waals surface area (Å²) in [5, 5.41) is 6.51. The number of carbonyl (C=O) groups is 2. The summed E-state index contributed by atoms with van der Waals surface area (Å²) in [5.74, 6) is 0.286. The first kappa shape index (κ1) is 20.4. The van der Waals surface area contributed by atoms with Gasteiger partial charge in [0.15, 0.2) is 5.69 Å². The Labute approximate surface area is 171 Å². The molecular weight excluding hydrogens is 399 g/mol. The number of aromatic nitrogens is 2. The molecule has 2 unspecified atom stereocenters. The molecule has 2 aliphatic rings. The van der Waals surface area contributed by atoms with E-state index in [-0.39, 0.29) is 17.6 Å². The van der Waals surface area contributed by atoms with Gasteiger partial charge in [-0.2, -0.15) is 23.0 Å². The van der Waals surface area contributed by atoms with Gasteiger partial charge in [-0.25, -0.2) is 4.79 Å². The number of nitrogens with one attached hydrogen (secondary N) is 1. The third kappa shape index (κ3) is 4.04. The Morgan fingerprint density at radius 3 is 2.27 bits per heavy atom. The molecule has 2 amide bonds. The lowest BCUT2D eigenvalue weighted by molar-refractivity contribution is -0.137. The first-order valence-corrected chi connectivity index (χ1v) is 9.70. The average Bonchev–Trinajstić information content (AvgIpc) is 3.41. The molecule has 4 rings (SSSR count). The molecule has 2 fully saturated rings. The lowest BCUT2D eigenvalue weighted by Crippen LogP contribution is -2.36. The third-order valence-electron chi connectivity index (χ3n) is 5.76. The van der Waals surface area contributed by atoms with Gasteiger partial charge in [0.1, 0.15) is 0 Å². The Morgan fingerprint density at radius 1 is 1.07 bits per heavy atom. The fraction of sp³-hybridized carbons (Fsp3) is 0.450. The zero-order valence-corrected chi connectivity index (χ0v) is 16.4. The van der Waals surface area contributed by atoms with Crippen molar-refractivity contribution in [3.63, 3.8) is 0 Å². The molecule has 2 aromatic rings. The molecule has 0 radical (unpaired) electrons. The van der Waals surface area contributed by atoms with E-state index in [0.717, 1.165) is 30.8 Å². The van der Waals surface area contributed by atoms with Crippen LogP contribution < -0.4 is 5.32 Å². The van der Waals surface area contributed by atoms with Crippen molar-refractivity contribution < 1.29 is 22.8 Å². The highest BCUT2D eigenvalue weighted by molar-refractivity contribution is 5.92. The van der Waals surface area contributed by atoms with Crippen LogP contribution in [0.5, 0.6) is 0 Å². The van der Waals surface area contributed by atoms with E-state index in [2.05, 4.69) is 15.3 Å². The molecule has 1 aromatic carbocycles. The number of hydrogen-bond donors (Lipinski definition) is 1. The molecule has 3 heterocycles. The van der Waals surface area contributed by atoms with Crippen molar-refractivity contribution in [2.24, 2.45) is 11.8 Å². The van der Waals surface area contributed by atoms with Crippen LogP contribution in [0.3, 0.4) is 0 Å². The second-order valence-electron chi connectivity index (χ2n) is 7.82. The van der Waals surface area contributed by atoms with Gasteiger partial charge in [0.05, 0.1) is 5.56 Å². The van der Waals surface area contributed by atoms with E-state index in [9.17, 15) is 22.8 Å². The van der Waals surface area contributed by atoms with Gasteiger partial charge in [-0.1, -0.05) is 12.1 Å². The van der Waals surface area contributed by atoms with Crippen LogP contribution in [0.15, 0.2) is 36.5 Å². The topological polar surface area (TPSA) is 70.5 Å². The molecule has 0 aliphatic carbocycles. The fourth-order valence-electron chi connectivity index (χ4n) is 4.26. The maximum absolute atomic E-state index is 12.7. The summed E-state index contributed by atoms with van der Waals surface area (Å²) in [7, 11) is 1.50. The van der Waals surface area contributed by atoms with E-state index in [1.165, 1.54) is 36.1 Å². The smallest absolute Gasteiger partial charge is 0.354 e. The number of nitrogens with zero attached hydrogens (tertiary/aromatic N) is 4. The summed E-state index contributed by atoms with van der Waals surface area (Å²) in [4.78, 5) is 28.2. The highest BCUT2D eigenvalue weighted by Gasteiger charge is 2.42. The number of benzene rings is 1. The van der Waals surface area contributed by atoms with Crippen LogP contribution in [-0.4, -0.2) is 64.7 Å². The van der Waals surface area contributed by atoms with Crippen LogP contribution in [-0.2, 0) is 12.7 Å². The second kappa shape index (κ2) is 7.75. The predicted molar refractivity (Wildman–Crippen MR) is 102 cm³/mol. The normalized spacial score (nSPS) is 21.7. The van der Waals surface area contributed by atoms with Crippen LogP contribution in [0.4, 0.5) is 18.0 Å². The molecule has 0 spiro atoms. The van der Waals surface area contributed by atoms with E-state index < -0.39 is 11.7 Å². The van der Waals surface area contributed by atoms with Gasteiger partial charge in [0.25, 0.3) is 5.91 Å². The molecule has 160 valence electrons. The molecule has 10 heteroatoms. The number of hydrogen-bond acceptors (Lipinski definition) is 4. The minimum absolute atomic E-state index is 0.188. The summed E-state index contributed by atoms with van der Waals surface area (Å²) < 4.78 is 39.3. The Kier molecular flexibility index (Phi) is 5.27. The van der Waals surface area contributed by atoms with Gasteiger partial charge < -0.3 is 10.2 Å². The van der Waals surface area contributed by atoms with Gasteiger partial charge in [-0.05, 0) is 35.6 Å². The summed E-state index contributed by atoms with van der Waals surface area (Å²) >= 11 is 0. The molecule has 7 nitrogen and oxygen atoms in total. The Balaban J connectivity index is 1.32.